The topological polar surface area (TPSA) is 111 Å². The van der Waals surface area contributed by atoms with Gasteiger partial charge in [-0.25, -0.2) is 0 Å². The molecule has 0 aliphatic rings. The number of rotatable bonds is 69. The highest BCUT2D eigenvalue weighted by Gasteiger charge is 2.22. The van der Waals surface area contributed by atoms with Crippen LogP contribution in [0.2, 0.25) is 0 Å². The number of carboxylic acid groups (broad SMARTS) is 1. The summed E-state index contributed by atoms with van der Waals surface area (Å²) in [6.45, 7) is 4.79. The highest BCUT2D eigenvalue weighted by molar-refractivity contribution is 5.70. The molecule has 0 rings (SSSR count). The van der Waals surface area contributed by atoms with Crippen LogP contribution in [-0.2, 0) is 33.3 Å². The Morgan fingerprint density at radius 3 is 0.953 bits per heavy atom. The van der Waals surface area contributed by atoms with E-state index in [0.717, 1.165) is 51.4 Å². The zero-order valence-corrected chi connectivity index (χ0v) is 57.0. The summed E-state index contributed by atoms with van der Waals surface area (Å²) in [7, 11) is 5.94. The van der Waals surface area contributed by atoms with E-state index in [4.69, 9.17) is 18.9 Å². The second kappa shape index (κ2) is 67.2. The number of carbonyl (C=O) groups is 3. The van der Waals surface area contributed by atoms with Gasteiger partial charge in [0.25, 0.3) is 0 Å². The number of carbonyl (C=O) groups excluding carboxylic acids is 3. The van der Waals surface area contributed by atoms with Crippen LogP contribution in [0.4, 0.5) is 0 Å². The summed E-state index contributed by atoms with van der Waals surface area (Å²) in [5.74, 6) is -2.26. The van der Waals surface area contributed by atoms with Crippen molar-refractivity contribution in [1.82, 2.24) is 0 Å². The summed E-state index contributed by atoms with van der Waals surface area (Å²) in [5, 5.41) is 11.8. The first-order valence-corrected chi connectivity index (χ1v) is 36.8. The van der Waals surface area contributed by atoms with Gasteiger partial charge in [0.2, 0.25) is 0 Å². The number of hydrogen-bond donors (Lipinski definition) is 0. The summed E-state index contributed by atoms with van der Waals surface area (Å²) in [5.41, 5.74) is 0. The normalized spacial score (nSPS) is 12.9. The third kappa shape index (κ3) is 68.6. The number of aliphatic carboxylic acids is 1. The molecule has 498 valence electrons. The van der Waals surface area contributed by atoms with Crippen LogP contribution in [0.5, 0.6) is 0 Å². The van der Waals surface area contributed by atoms with Crippen molar-refractivity contribution in [2.75, 3.05) is 47.5 Å². The molecule has 0 aliphatic heterocycles. The number of allylic oxidation sites excluding steroid dienone is 8. The molecular weight excluding hydrogens is 1050 g/mol. The molecule has 9 heteroatoms. The minimum atomic E-state index is -1.62. The quantitative estimate of drug-likeness (QED) is 0.0195. The molecule has 0 N–H and O–H groups in total. The predicted molar refractivity (Wildman–Crippen MR) is 362 cm³/mol. The molecule has 0 aliphatic carbocycles. The summed E-state index contributed by atoms with van der Waals surface area (Å²) in [6, 6.07) is 0. The van der Waals surface area contributed by atoms with Gasteiger partial charge < -0.3 is 33.3 Å². The highest BCUT2D eigenvalue weighted by Crippen LogP contribution is 2.19. The molecule has 0 saturated carbocycles. The lowest BCUT2D eigenvalue weighted by atomic mass is 10.0. The van der Waals surface area contributed by atoms with Crippen LogP contribution in [0.1, 0.15) is 361 Å². The van der Waals surface area contributed by atoms with E-state index in [9.17, 15) is 19.5 Å². The molecule has 0 aromatic heterocycles. The number of ether oxygens (including phenoxy) is 4. The van der Waals surface area contributed by atoms with Crippen molar-refractivity contribution in [3.8, 4) is 0 Å². The van der Waals surface area contributed by atoms with E-state index in [2.05, 4.69) is 62.5 Å². The zero-order chi connectivity index (χ0) is 61.9. The van der Waals surface area contributed by atoms with Crippen molar-refractivity contribution in [3.63, 3.8) is 0 Å². The molecule has 0 bridgehead atoms. The van der Waals surface area contributed by atoms with Crippen LogP contribution < -0.4 is 5.11 Å². The van der Waals surface area contributed by atoms with Crippen LogP contribution in [0.3, 0.4) is 0 Å². The smallest absolute Gasteiger partial charge is 0.306 e. The maximum absolute atomic E-state index is 12.9. The number of unbranched alkanes of at least 4 members (excludes halogenated alkanes) is 46. The predicted octanol–water partition coefficient (Wildman–Crippen LogP) is 21.6. The van der Waals surface area contributed by atoms with Crippen molar-refractivity contribution in [3.05, 3.63) is 48.6 Å². The van der Waals surface area contributed by atoms with Crippen LogP contribution in [0.25, 0.3) is 0 Å². The van der Waals surface area contributed by atoms with E-state index in [0.29, 0.717) is 17.4 Å². The molecule has 0 heterocycles. The molecule has 9 nitrogen and oxygen atoms in total. The lowest BCUT2D eigenvalue weighted by Crippen LogP contribution is -2.44. The maximum Gasteiger partial charge on any atom is 0.306 e. The Kier molecular flexibility index (Phi) is 65.0. The fourth-order valence-corrected chi connectivity index (χ4v) is 10.9. The Labute approximate surface area is 527 Å². The molecule has 0 fully saturated rings. The Balaban J connectivity index is 4.01. The second-order valence-electron chi connectivity index (χ2n) is 26.2. The molecule has 0 aromatic carbocycles. The van der Waals surface area contributed by atoms with Crippen molar-refractivity contribution < 1.29 is 42.9 Å². The average Bonchev–Trinajstić information content (AvgIpc) is 3.48. The molecule has 0 saturated heterocycles. The molecule has 0 radical (unpaired) electrons. The third-order valence-electron chi connectivity index (χ3n) is 16.5. The van der Waals surface area contributed by atoms with E-state index in [-0.39, 0.29) is 32.2 Å². The number of quaternary nitrogens is 1. The van der Waals surface area contributed by atoms with E-state index >= 15 is 0 Å². The van der Waals surface area contributed by atoms with E-state index in [1.165, 1.54) is 283 Å². The lowest BCUT2D eigenvalue weighted by molar-refractivity contribution is -0.870. The van der Waals surface area contributed by atoms with Crippen LogP contribution in [0.15, 0.2) is 48.6 Å². The Hall–Kier alpha value is -2.75. The fraction of sp³-hybridized carbons (Fsp3) is 0.855. The summed E-state index contributed by atoms with van der Waals surface area (Å²) in [6.07, 6.45) is 83.5. The molecule has 85 heavy (non-hydrogen) atoms. The lowest BCUT2D eigenvalue weighted by Gasteiger charge is -2.26. The van der Waals surface area contributed by atoms with E-state index < -0.39 is 24.3 Å². The Morgan fingerprint density at radius 1 is 0.353 bits per heavy atom. The molecule has 2 unspecified atom stereocenters. The maximum atomic E-state index is 12.9. The molecule has 0 spiro atoms. The van der Waals surface area contributed by atoms with Crippen LogP contribution in [0, 0.1) is 0 Å². The number of nitrogens with zero attached hydrogens (tertiary/aromatic N) is 1. The van der Waals surface area contributed by atoms with Gasteiger partial charge in [0.1, 0.15) is 13.2 Å². The van der Waals surface area contributed by atoms with Gasteiger partial charge in [0.05, 0.1) is 40.3 Å². The zero-order valence-electron chi connectivity index (χ0n) is 57.0. The first-order chi connectivity index (χ1) is 41.6. The van der Waals surface area contributed by atoms with Crippen LogP contribution in [-0.4, -0.2) is 82.3 Å². The summed E-state index contributed by atoms with van der Waals surface area (Å²) < 4.78 is 22.8. The van der Waals surface area contributed by atoms with Crippen LogP contribution >= 0.6 is 0 Å². The largest absolute Gasteiger partial charge is 0.545 e. The molecule has 0 aromatic rings. The van der Waals surface area contributed by atoms with Gasteiger partial charge in [-0.1, -0.05) is 319 Å². The number of carboxylic acids is 1. The van der Waals surface area contributed by atoms with Gasteiger partial charge in [-0.15, -0.1) is 0 Å². The van der Waals surface area contributed by atoms with Crippen molar-refractivity contribution in [1.29, 1.82) is 0 Å². The number of hydrogen-bond acceptors (Lipinski definition) is 8. The third-order valence-corrected chi connectivity index (χ3v) is 16.5. The van der Waals surface area contributed by atoms with Crippen molar-refractivity contribution >= 4 is 17.9 Å². The van der Waals surface area contributed by atoms with Crippen molar-refractivity contribution in [2.24, 2.45) is 0 Å². The van der Waals surface area contributed by atoms with E-state index in [1.807, 2.05) is 21.1 Å². The number of likely N-dealkylation sites (N-methyl/N-ethyl adjacent to an activating group) is 1. The molecular formula is C76H141NO8. The van der Waals surface area contributed by atoms with Gasteiger partial charge in [-0.2, -0.15) is 0 Å². The minimum Gasteiger partial charge on any atom is -0.545 e. The standard InChI is InChI=1S/C76H141NO8/c1-6-8-10-12-14-16-18-20-22-24-26-28-30-31-32-33-34-35-36-37-38-39-40-41-42-43-45-47-49-51-53-55-57-59-61-63-65-67-74(79)85-72(71-84-76(75(80)81)82-69-68-77(3,4)5)70-83-73(78)66-64-62-60-58-56-54-52-50-48-46-44-29-27-25-23-21-19-17-15-13-11-9-7-2/h18,20,24-27,30-31,72,76H,6-17,19,21-23,28-29,32-71H2,1-5H3/b20-18-,26-24-,27-25-,31-30-. The van der Waals surface area contributed by atoms with Gasteiger partial charge in [0.15, 0.2) is 12.4 Å². The van der Waals surface area contributed by atoms with Crippen molar-refractivity contribution in [2.45, 2.75) is 373 Å². The Morgan fingerprint density at radius 2 is 0.635 bits per heavy atom. The van der Waals surface area contributed by atoms with E-state index in [1.54, 1.807) is 0 Å². The van der Waals surface area contributed by atoms with Gasteiger partial charge in [-0.3, -0.25) is 9.59 Å². The fourth-order valence-electron chi connectivity index (χ4n) is 10.9. The second-order valence-corrected chi connectivity index (χ2v) is 26.2. The molecule has 2 atom stereocenters. The first-order valence-electron chi connectivity index (χ1n) is 36.8. The SMILES string of the molecule is CCCCCCC/C=C\C/C=C\C/C=C\CCCCCCCCCCCCCCCCCCCCCCCCC(=O)OC(COC(=O)CCCCCCCCCCCCC/C=C\CCCCCCCCCC)COC(OCC[N+](C)(C)C)C(=O)[O-]. The monoisotopic (exact) mass is 1200 g/mol. The van der Waals surface area contributed by atoms with Gasteiger partial charge in [0, 0.05) is 12.8 Å². The summed E-state index contributed by atoms with van der Waals surface area (Å²) >= 11 is 0. The van der Waals surface area contributed by atoms with Gasteiger partial charge >= 0.3 is 11.9 Å². The highest BCUT2D eigenvalue weighted by atomic mass is 16.7. The Bertz CT molecular complexity index is 1530. The minimum absolute atomic E-state index is 0.150. The van der Waals surface area contributed by atoms with Gasteiger partial charge in [-0.05, 0) is 77.0 Å². The summed E-state index contributed by atoms with van der Waals surface area (Å²) in [4.78, 5) is 37.5. The first kappa shape index (κ1) is 82.2. The number of esters is 2. The average molecular weight is 1200 g/mol. The molecule has 0 amide bonds.